The molecule has 2 aromatic rings. The minimum Gasteiger partial charge on any atom is -0.375 e. The minimum atomic E-state index is -0.131. The topological polar surface area (TPSA) is 88.3 Å². The second-order valence-corrected chi connectivity index (χ2v) is 10.6. The number of nitrogens with zero attached hydrogens (tertiary/aromatic N) is 2. The number of aromatic nitrogens is 1. The zero-order valence-electron chi connectivity index (χ0n) is 19.4. The van der Waals surface area contributed by atoms with Crippen LogP contribution in [0.1, 0.15) is 70.6 Å². The predicted octanol–water partition coefficient (Wildman–Crippen LogP) is 5.71. The number of hydrogen-bond acceptors (Lipinski definition) is 5. The van der Waals surface area contributed by atoms with Crippen molar-refractivity contribution in [1.29, 1.82) is 0 Å². The van der Waals surface area contributed by atoms with Gasteiger partial charge in [-0.1, -0.05) is 50.7 Å². The molecule has 0 radical (unpaired) electrons. The van der Waals surface area contributed by atoms with E-state index >= 15 is 0 Å². The lowest BCUT2D eigenvalue weighted by Crippen LogP contribution is -2.42. The first-order valence-electron chi connectivity index (χ1n) is 12.5. The first-order chi connectivity index (χ1) is 16.1. The summed E-state index contributed by atoms with van der Waals surface area (Å²) in [4.78, 5) is 32.2. The average Bonchev–Trinajstić information content (AvgIpc) is 3.26. The van der Waals surface area contributed by atoms with Crippen molar-refractivity contribution >= 4 is 34.0 Å². The number of nitrogens with one attached hydrogen (secondary N) is 1. The average molecular weight is 469 g/mol. The highest BCUT2D eigenvalue weighted by Crippen LogP contribution is 2.29. The third kappa shape index (κ3) is 7.03. The van der Waals surface area contributed by atoms with Gasteiger partial charge >= 0.3 is 0 Å². The van der Waals surface area contributed by atoms with Crippen molar-refractivity contribution in [2.24, 2.45) is 11.8 Å². The molecule has 2 aliphatic carbocycles. The Kier molecular flexibility index (Phi) is 8.37. The molecule has 0 spiro atoms. The number of benzene rings is 1. The fraction of sp³-hybridized carbons (Fsp3) is 0.577. The third-order valence-corrected chi connectivity index (χ3v) is 7.74. The molecule has 4 rings (SSSR count). The minimum absolute atomic E-state index is 0.131. The molecule has 7 heteroatoms. The van der Waals surface area contributed by atoms with Crippen LogP contribution in [-0.4, -0.2) is 34.8 Å². The van der Waals surface area contributed by atoms with Gasteiger partial charge < -0.3 is 16.0 Å². The largest absolute Gasteiger partial charge is 0.375 e. The van der Waals surface area contributed by atoms with Crippen LogP contribution in [0.2, 0.25) is 0 Å². The summed E-state index contributed by atoms with van der Waals surface area (Å²) in [6, 6.07) is 7.60. The van der Waals surface area contributed by atoms with Gasteiger partial charge in [0.25, 0.3) is 0 Å². The maximum Gasteiger partial charge on any atom is 0.243 e. The molecule has 1 heterocycles. The molecule has 0 aliphatic heterocycles. The van der Waals surface area contributed by atoms with E-state index in [1.807, 2.05) is 34.5 Å². The van der Waals surface area contributed by atoms with Crippen LogP contribution in [0.5, 0.6) is 0 Å². The Bertz CT molecular complexity index is 915. The van der Waals surface area contributed by atoms with Crippen molar-refractivity contribution < 1.29 is 9.59 Å². The number of carbonyl (C=O) groups is 2. The first-order valence-corrected chi connectivity index (χ1v) is 13.3. The maximum atomic E-state index is 13.2. The molecule has 0 atom stereocenters. The van der Waals surface area contributed by atoms with E-state index in [4.69, 9.17) is 5.73 Å². The predicted molar refractivity (Wildman–Crippen MR) is 135 cm³/mol. The summed E-state index contributed by atoms with van der Waals surface area (Å²) < 4.78 is 0. The fourth-order valence-corrected chi connectivity index (χ4v) is 5.79. The van der Waals surface area contributed by atoms with Crippen LogP contribution in [0.4, 0.5) is 10.8 Å². The van der Waals surface area contributed by atoms with Gasteiger partial charge in [-0.05, 0) is 49.7 Å². The van der Waals surface area contributed by atoms with Crippen LogP contribution in [0, 0.1) is 11.8 Å². The van der Waals surface area contributed by atoms with Crippen molar-refractivity contribution in [3.05, 3.63) is 29.6 Å². The van der Waals surface area contributed by atoms with Gasteiger partial charge in [-0.2, -0.15) is 0 Å². The summed E-state index contributed by atoms with van der Waals surface area (Å²) in [5, 5.41) is 5.44. The molecule has 2 aliphatic rings. The van der Waals surface area contributed by atoms with E-state index in [2.05, 4.69) is 10.3 Å². The van der Waals surface area contributed by atoms with Gasteiger partial charge in [0.05, 0.1) is 12.2 Å². The van der Waals surface area contributed by atoms with Crippen LogP contribution < -0.4 is 11.1 Å². The smallest absolute Gasteiger partial charge is 0.243 e. The first kappa shape index (κ1) is 23.7. The Morgan fingerprint density at radius 1 is 0.970 bits per heavy atom. The molecule has 6 nitrogen and oxygen atoms in total. The normalized spacial score (nSPS) is 17.6. The molecule has 1 aromatic heterocycles. The zero-order chi connectivity index (χ0) is 23.0. The van der Waals surface area contributed by atoms with Crippen molar-refractivity contribution in [1.82, 2.24) is 9.88 Å². The van der Waals surface area contributed by atoms with Crippen LogP contribution in [0.15, 0.2) is 29.6 Å². The Labute approximate surface area is 201 Å². The van der Waals surface area contributed by atoms with Crippen LogP contribution in [0.3, 0.4) is 0 Å². The fourth-order valence-electron chi connectivity index (χ4n) is 5.22. The van der Waals surface area contributed by atoms with Gasteiger partial charge in [0.15, 0.2) is 5.13 Å². The zero-order valence-corrected chi connectivity index (χ0v) is 20.2. The summed E-state index contributed by atoms with van der Waals surface area (Å²) in [6.07, 6.45) is 12.7. The van der Waals surface area contributed by atoms with Gasteiger partial charge in [0.2, 0.25) is 11.8 Å². The Morgan fingerprint density at radius 3 is 2.21 bits per heavy atom. The molecular formula is C26H36N4O2S. The quantitative estimate of drug-likeness (QED) is 0.519. The monoisotopic (exact) mass is 468 g/mol. The standard InChI is InChI=1S/C26H36N4O2S/c27-26-29-23(18-33-26)21-11-13-22(14-12-21)28-24(31)17-30(16-20-9-5-2-6-10-20)25(32)15-19-7-3-1-4-8-19/h11-14,18-20H,1-10,15-17H2,(H2,27,29)(H,28,31). The lowest BCUT2D eigenvalue weighted by atomic mass is 9.86. The van der Waals surface area contributed by atoms with E-state index in [-0.39, 0.29) is 18.4 Å². The Balaban J connectivity index is 1.36. The second-order valence-electron chi connectivity index (χ2n) is 9.68. The highest BCUT2D eigenvalue weighted by molar-refractivity contribution is 7.13. The summed E-state index contributed by atoms with van der Waals surface area (Å²) in [5.41, 5.74) is 8.25. The molecule has 0 unspecified atom stereocenters. The van der Waals surface area contributed by atoms with E-state index in [0.29, 0.717) is 29.9 Å². The van der Waals surface area contributed by atoms with Crippen LogP contribution in [-0.2, 0) is 9.59 Å². The van der Waals surface area contributed by atoms with E-state index in [0.717, 1.165) is 42.6 Å². The van der Waals surface area contributed by atoms with Gasteiger partial charge in [-0.25, -0.2) is 4.98 Å². The third-order valence-electron chi connectivity index (χ3n) is 7.06. The molecule has 0 bridgehead atoms. The van der Waals surface area contributed by atoms with Crippen molar-refractivity contribution in [3.8, 4) is 11.3 Å². The molecule has 1 aromatic carbocycles. The Hall–Kier alpha value is -2.41. The highest BCUT2D eigenvalue weighted by Gasteiger charge is 2.26. The number of carbonyl (C=O) groups excluding carboxylic acids is 2. The number of anilines is 2. The highest BCUT2D eigenvalue weighted by atomic mass is 32.1. The molecule has 2 amide bonds. The number of nitrogen functional groups attached to an aromatic ring is 1. The molecule has 0 saturated heterocycles. The summed E-state index contributed by atoms with van der Waals surface area (Å²) in [7, 11) is 0. The number of rotatable bonds is 8. The molecule has 2 saturated carbocycles. The lowest BCUT2D eigenvalue weighted by molar-refractivity contribution is -0.136. The number of thiazole rings is 1. The SMILES string of the molecule is Nc1nc(-c2ccc(NC(=O)CN(CC3CCCCC3)C(=O)CC3CCCCC3)cc2)cs1. The van der Waals surface area contributed by atoms with E-state index in [1.165, 1.54) is 49.9 Å². The molecular weight excluding hydrogens is 432 g/mol. The van der Waals surface area contributed by atoms with Crippen molar-refractivity contribution in [2.75, 3.05) is 24.1 Å². The number of amides is 2. The van der Waals surface area contributed by atoms with Crippen LogP contribution >= 0.6 is 11.3 Å². The summed E-state index contributed by atoms with van der Waals surface area (Å²) in [6.45, 7) is 0.843. The Morgan fingerprint density at radius 2 is 1.61 bits per heavy atom. The summed E-state index contributed by atoms with van der Waals surface area (Å²) >= 11 is 1.41. The number of nitrogens with two attached hydrogens (primary N) is 1. The molecule has 3 N–H and O–H groups in total. The van der Waals surface area contributed by atoms with E-state index in [9.17, 15) is 9.59 Å². The van der Waals surface area contributed by atoms with Gasteiger partial charge in [-0.15, -0.1) is 11.3 Å². The summed E-state index contributed by atoms with van der Waals surface area (Å²) in [5.74, 6) is 1.02. The number of hydrogen-bond donors (Lipinski definition) is 2. The molecule has 178 valence electrons. The van der Waals surface area contributed by atoms with Crippen LogP contribution in [0.25, 0.3) is 11.3 Å². The molecule has 2 fully saturated rings. The van der Waals surface area contributed by atoms with Gasteiger partial charge in [0, 0.05) is 29.6 Å². The van der Waals surface area contributed by atoms with Gasteiger partial charge in [-0.3, -0.25) is 9.59 Å². The van der Waals surface area contributed by atoms with Crippen molar-refractivity contribution in [3.63, 3.8) is 0 Å². The molecule has 33 heavy (non-hydrogen) atoms. The second kappa shape index (κ2) is 11.6. The van der Waals surface area contributed by atoms with E-state index in [1.54, 1.807) is 0 Å². The van der Waals surface area contributed by atoms with E-state index < -0.39 is 0 Å². The lowest BCUT2D eigenvalue weighted by Gasteiger charge is -2.31. The maximum absolute atomic E-state index is 13.2. The van der Waals surface area contributed by atoms with Crippen molar-refractivity contribution in [2.45, 2.75) is 70.6 Å². The van der Waals surface area contributed by atoms with Gasteiger partial charge in [0.1, 0.15) is 0 Å².